The van der Waals surface area contributed by atoms with Crippen LogP contribution >= 0.6 is 0 Å². The first-order valence-electron chi connectivity index (χ1n) is 7.75. The number of hydrogen-bond donors (Lipinski definition) is 2. The van der Waals surface area contributed by atoms with E-state index in [1.165, 1.54) is 6.07 Å². The predicted molar refractivity (Wildman–Crippen MR) is 83.4 cm³/mol. The number of carbonyl (C=O) groups is 1. The van der Waals surface area contributed by atoms with Gasteiger partial charge in [0.25, 0.3) is 0 Å². The number of rotatable bonds is 5. The van der Waals surface area contributed by atoms with Gasteiger partial charge in [0.05, 0.1) is 5.69 Å². The Balaban J connectivity index is 2.20. The Labute approximate surface area is 126 Å². The van der Waals surface area contributed by atoms with E-state index in [1.54, 1.807) is 18.2 Å². The van der Waals surface area contributed by atoms with E-state index in [-0.39, 0.29) is 11.7 Å². The van der Waals surface area contributed by atoms with E-state index in [0.717, 1.165) is 19.3 Å². The first kappa shape index (κ1) is 15.8. The van der Waals surface area contributed by atoms with Gasteiger partial charge in [0.1, 0.15) is 11.4 Å². The number of anilines is 1. The normalized spacial score (nSPS) is 25.8. The van der Waals surface area contributed by atoms with E-state index in [4.69, 9.17) is 5.73 Å². The molecule has 1 aromatic rings. The van der Waals surface area contributed by atoms with Gasteiger partial charge in [0.15, 0.2) is 0 Å². The topological polar surface area (TPSA) is 55.1 Å². The number of hydrogen-bond acceptors (Lipinski definition) is 2. The third kappa shape index (κ3) is 3.74. The highest BCUT2D eigenvalue weighted by Crippen LogP contribution is 2.38. The molecular formula is C17H25FN2O. The van der Waals surface area contributed by atoms with Crippen LogP contribution in [-0.4, -0.2) is 11.4 Å². The predicted octanol–water partition coefficient (Wildman–Crippen LogP) is 3.70. The Morgan fingerprint density at radius 1 is 1.48 bits per heavy atom. The fourth-order valence-corrected chi connectivity index (χ4v) is 3.48. The maximum Gasteiger partial charge on any atom is 0.243 e. The lowest BCUT2D eigenvalue weighted by atomic mass is 9.72. The summed E-state index contributed by atoms with van der Waals surface area (Å²) in [5, 5.41) is 3.12. The second-order valence-electron chi connectivity index (χ2n) is 6.64. The summed E-state index contributed by atoms with van der Waals surface area (Å²) in [7, 11) is 0. The van der Waals surface area contributed by atoms with Crippen LogP contribution < -0.4 is 11.1 Å². The molecule has 2 rings (SSSR count). The standard InChI is InChI=1S/C17H25FN2O/c1-12(2)10-13-6-5-9-17(11-13,16(19)21)20-15-8-4-3-7-14(15)18/h3-4,7-8,12-13,20H,5-6,9-11H2,1-2H3,(H2,19,21). The van der Waals surface area contributed by atoms with E-state index < -0.39 is 5.54 Å². The number of amides is 1. The Morgan fingerprint density at radius 3 is 2.81 bits per heavy atom. The number of para-hydroxylation sites is 1. The molecule has 3 nitrogen and oxygen atoms in total. The van der Waals surface area contributed by atoms with Crippen LogP contribution in [0.5, 0.6) is 0 Å². The third-order valence-electron chi connectivity index (χ3n) is 4.38. The first-order valence-corrected chi connectivity index (χ1v) is 7.75. The maximum atomic E-state index is 13.9. The smallest absolute Gasteiger partial charge is 0.243 e. The van der Waals surface area contributed by atoms with E-state index in [1.807, 2.05) is 0 Å². The highest BCUT2D eigenvalue weighted by atomic mass is 19.1. The summed E-state index contributed by atoms with van der Waals surface area (Å²) >= 11 is 0. The van der Waals surface area contributed by atoms with Gasteiger partial charge in [-0.1, -0.05) is 38.8 Å². The fourth-order valence-electron chi connectivity index (χ4n) is 3.48. The van der Waals surface area contributed by atoms with Crippen molar-refractivity contribution in [2.24, 2.45) is 17.6 Å². The van der Waals surface area contributed by atoms with Crippen molar-refractivity contribution in [3.63, 3.8) is 0 Å². The molecule has 3 N–H and O–H groups in total. The average Bonchev–Trinajstić information content (AvgIpc) is 2.41. The molecule has 116 valence electrons. The lowest BCUT2D eigenvalue weighted by Gasteiger charge is -2.40. The molecule has 0 spiro atoms. The van der Waals surface area contributed by atoms with Gasteiger partial charge >= 0.3 is 0 Å². The number of halogens is 1. The molecular weight excluding hydrogens is 267 g/mol. The molecule has 0 saturated heterocycles. The minimum Gasteiger partial charge on any atom is -0.369 e. The van der Waals surface area contributed by atoms with Crippen LogP contribution in [0.1, 0.15) is 46.0 Å². The largest absolute Gasteiger partial charge is 0.369 e. The fraction of sp³-hybridized carbons (Fsp3) is 0.588. The third-order valence-corrected chi connectivity index (χ3v) is 4.38. The minimum atomic E-state index is -0.819. The zero-order chi connectivity index (χ0) is 15.5. The number of benzene rings is 1. The molecule has 1 aliphatic rings. The molecule has 2 unspecified atom stereocenters. The molecule has 1 amide bonds. The molecule has 0 aliphatic heterocycles. The van der Waals surface area contributed by atoms with Gasteiger partial charge in [-0.2, -0.15) is 0 Å². The summed E-state index contributed by atoms with van der Waals surface area (Å²) in [6.45, 7) is 4.37. The maximum absolute atomic E-state index is 13.9. The van der Waals surface area contributed by atoms with Crippen LogP contribution in [0.15, 0.2) is 24.3 Å². The average molecular weight is 292 g/mol. The van der Waals surface area contributed by atoms with Crippen molar-refractivity contribution in [2.75, 3.05) is 5.32 Å². The zero-order valence-corrected chi connectivity index (χ0v) is 12.9. The Kier molecular flexibility index (Phi) is 4.86. The molecule has 4 heteroatoms. The molecule has 2 atom stereocenters. The molecule has 1 fully saturated rings. The van der Waals surface area contributed by atoms with Gasteiger partial charge < -0.3 is 11.1 Å². The van der Waals surface area contributed by atoms with E-state index in [2.05, 4.69) is 19.2 Å². The van der Waals surface area contributed by atoms with Crippen molar-refractivity contribution in [1.82, 2.24) is 0 Å². The Hall–Kier alpha value is -1.58. The van der Waals surface area contributed by atoms with E-state index >= 15 is 0 Å². The van der Waals surface area contributed by atoms with Gasteiger partial charge in [-0.25, -0.2) is 4.39 Å². The molecule has 21 heavy (non-hydrogen) atoms. The molecule has 1 saturated carbocycles. The minimum absolute atomic E-state index is 0.343. The van der Waals surface area contributed by atoms with Gasteiger partial charge in [-0.3, -0.25) is 4.79 Å². The second kappa shape index (κ2) is 6.46. The molecule has 1 aliphatic carbocycles. The zero-order valence-electron chi connectivity index (χ0n) is 12.9. The van der Waals surface area contributed by atoms with Crippen molar-refractivity contribution in [2.45, 2.75) is 51.5 Å². The van der Waals surface area contributed by atoms with Crippen molar-refractivity contribution in [1.29, 1.82) is 0 Å². The van der Waals surface area contributed by atoms with Crippen molar-refractivity contribution in [3.8, 4) is 0 Å². The van der Waals surface area contributed by atoms with Crippen molar-refractivity contribution >= 4 is 11.6 Å². The van der Waals surface area contributed by atoms with Crippen molar-refractivity contribution < 1.29 is 9.18 Å². The first-order chi connectivity index (χ1) is 9.93. The summed E-state index contributed by atoms with van der Waals surface area (Å²) in [4.78, 5) is 12.1. The number of nitrogens with two attached hydrogens (primary N) is 1. The van der Waals surface area contributed by atoms with Crippen LogP contribution in [-0.2, 0) is 4.79 Å². The monoisotopic (exact) mass is 292 g/mol. The Morgan fingerprint density at radius 2 is 2.19 bits per heavy atom. The molecule has 0 heterocycles. The van der Waals surface area contributed by atoms with Crippen LogP contribution in [0.2, 0.25) is 0 Å². The summed E-state index contributed by atoms with van der Waals surface area (Å²) in [6, 6.07) is 6.45. The van der Waals surface area contributed by atoms with E-state index in [9.17, 15) is 9.18 Å². The number of primary amides is 1. The van der Waals surface area contributed by atoms with Gasteiger partial charge in [0.2, 0.25) is 5.91 Å². The number of nitrogens with one attached hydrogen (secondary N) is 1. The number of carbonyl (C=O) groups excluding carboxylic acids is 1. The van der Waals surface area contributed by atoms with Gasteiger partial charge in [-0.05, 0) is 43.2 Å². The van der Waals surface area contributed by atoms with Gasteiger partial charge in [-0.15, -0.1) is 0 Å². The van der Waals surface area contributed by atoms with Crippen LogP contribution in [0.25, 0.3) is 0 Å². The highest BCUT2D eigenvalue weighted by molar-refractivity contribution is 5.88. The molecule has 0 bridgehead atoms. The summed E-state index contributed by atoms with van der Waals surface area (Å²) in [5.41, 5.74) is 5.21. The second-order valence-corrected chi connectivity index (χ2v) is 6.64. The van der Waals surface area contributed by atoms with Crippen LogP contribution in [0.4, 0.5) is 10.1 Å². The van der Waals surface area contributed by atoms with Crippen molar-refractivity contribution in [3.05, 3.63) is 30.1 Å². The highest BCUT2D eigenvalue weighted by Gasteiger charge is 2.41. The lowest BCUT2D eigenvalue weighted by Crippen LogP contribution is -2.53. The summed E-state index contributed by atoms with van der Waals surface area (Å²) in [6.07, 6.45) is 4.50. The molecule has 0 radical (unpaired) electrons. The van der Waals surface area contributed by atoms with Gasteiger partial charge in [0, 0.05) is 0 Å². The van der Waals surface area contributed by atoms with Crippen LogP contribution in [0, 0.1) is 17.7 Å². The Bertz CT molecular complexity index is 503. The quantitative estimate of drug-likeness (QED) is 0.869. The van der Waals surface area contributed by atoms with E-state index in [0.29, 0.717) is 30.4 Å². The molecule has 1 aromatic carbocycles. The molecule has 0 aromatic heterocycles. The van der Waals surface area contributed by atoms with Crippen LogP contribution in [0.3, 0.4) is 0 Å². The summed E-state index contributed by atoms with van der Waals surface area (Å²) < 4.78 is 13.9. The summed E-state index contributed by atoms with van der Waals surface area (Å²) in [5.74, 6) is 0.334. The SMILES string of the molecule is CC(C)CC1CCCC(Nc2ccccc2F)(C(N)=O)C1. The lowest BCUT2D eigenvalue weighted by molar-refractivity contribution is -0.123.